The fourth-order valence-corrected chi connectivity index (χ4v) is 10.1. The molecule has 396 valence electrons. The van der Waals surface area contributed by atoms with Crippen LogP contribution in [-0.2, 0) is 46.3 Å². The van der Waals surface area contributed by atoms with E-state index in [1.807, 2.05) is 0 Å². The van der Waals surface area contributed by atoms with Crippen molar-refractivity contribution in [2.24, 2.45) is 11.8 Å². The zero-order chi connectivity index (χ0) is 50.2. The molecule has 6 N–H and O–H groups in total. The molecule has 1 saturated heterocycles. The molecule has 1 aliphatic heterocycles. The van der Waals surface area contributed by atoms with Gasteiger partial charge in [-0.2, -0.15) is 9.29 Å². The van der Waals surface area contributed by atoms with Gasteiger partial charge in [-0.05, 0) is 30.7 Å². The van der Waals surface area contributed by atoms with E-state index in [-0.39, 0.29) is 18.7 Å². The average molecular weight is 1010 g/mol. The molecule has 0 aliphatic carbocycles. The normalized spacial score (nSPS) is 19.6. The van der Waals surface area contributed by atoms with Gasteiger partial charge in [0.25, 0.3) is 0 Å². The van der Waals surface area contributed by atoms with Crippen LogP contribution in [0, 0.1) is 11.8 Å². The number of aliphatic hydroxyl groups is 2. The number of carbonyl (C=O) groups is 2. The summed E-state index contributed by atoms with van der Waals surface area (Å²) in [7, 11) is -10.8. The van der Waals surface area contributed by atoms with Crippen molar-refractivity contribution in [3.8, 4) is 0 Å². The second kappa shape index (κ2) is 35.8. The highest BCUT2D eigenvalue weighted by Gasteiger charge is 2.46. The van der Waals surface area contributed by atoms with Crippen LogP contribution in [0.4, 0.5) is 5.82 Å². The number of unbranched alkanes of at least 4 members (excludes halogenated alkanes) is 22. The monoisotopic (exact) mass is 1010 g/mol. The summed E-state index contributed by atoms with van der Waals surface area (Å²) < 4.78 is 56.8. The number of aliphatic hydroxyl groups excluding tert-OH is 2. The standard InChI is InChI=1S/C48H89N3O15P2/c1-38(2)29-25-21-17-13-10-8-6-5-7-9-11-15-20-24-28-32-44(53)64-40(35-61-43(52)31-27-23-19-16-12-14-18-22-26-30-39(3)4)36-62-67(57,58)66-68(59,60)63-37-41-45(54)46(55)47(65-41)51-34-33-42(49)50-48(51)56/h33-34,38-41,45-47,54-55H,5-32,35-37H2,1-4H3,(H,57,58)(H,59,60)(H2,49,50,56)/t40-,41-,45+,46?,47-/m1/s1. The van der Waals surface area contributed by atoms with Crippen LogP contribution < -0.4 is 11.4 Å². The summed E-state index contributed by atoms with van der Waals surface area (Å²) in [6.45, 7) is 6.78. The van der Waals surface area contributed by atoms with Gasteiger partial charge in [0.2, 0.25) is 0 Å². The molecule has 3 unspecified atom stereocenters. The van der Waals surface area contributed by atoms with Crippen molar-refractivity contribution >= 4 is 33.4 Å². The highest BCUT2D eigenvalue weighted by Crippen LogP contribution is 2.60. The number of nitrogen functional groups attached to an aromatic ring is 1. The Kier molecular flexibility index (Phi) is 32.6. The molecule has 0 amide bonds. The summed E-state index contributed by atoms with van der Waals surface area (Å²) in [4.78, 5) is 61.9. The van der Waals surface area contributed by atoms with Crippen LogP contribution in [0.2, 0.25) is 0 Å². The van der Waals surface area contributed by atoms with Gasteiger partial charge in [0.15, 0.2) is 12.3 Å². The fraction of sp³-hybridized carbons (Fsp3) is 0.875. The van der Waals surface area contributed by atoms with E-state index in [2.05, 4.69) is 37.0 Å². The molecule has 0 radical (unpaired) electrons. The Bertz CT molecular complexity index is 1670. The molecular weight excluding hydrogens is 920 g/mol. The topological polar surface area (TPSA) is 265 Å². The van der Waals surface area contributed by atoms with Crippen molar-refractivity contribution in [3.05, 3.63) is 22.7 Å². The van der Waals surface area contributed by atoms with E-state index in [0.717, 1.165) is 67.8 Å². The second-order valence-corrected chi connectivity index (χ2v) is 22.4. The third kappa shape index (κ3) is 29.8. The molecule has 18 nitrogen and oxygen atoms in total. The summed E-state index contributed by atoms with van der Waals surface area (Å²) in [6, 6.07) is 1.25. The lowest BCUT2D eigenvalue weighted by Gasteiger charge is -2.21. The van der Waals surface area contributed by atoms with Gasteiger partial charge in [-0.15, -0.1) is 0 Å². The minimum Gasteiger partial charge on any atom is -0.462 e. The summed E-state index contributed by atoms with van der Waals surface area (Å²) in [5, 5.41) is 20.9. The first-order valence-corrected chi connectivity index (χ1v) is 28.8. The van der Waals surface area contributed by atoms with Crippen molar-refractivity contribution in [2.45, 2.75) is 238 Å². The van der Waals surface area contributed by atoms with Crippen molar-refractivity contribution in [1.82, 2.24) is 9.55 Å². The number of anilines is 1. The van der Waals surface area contributed by atoms with E-state index in [0.29, 0.717) is 12.8 Å². The molecule has 0 bridgehead atoms. The number of phosphoric ester groups is 2. The predicted molar refractivity (Wildman–Crippen MR) is 261 cm³/mol. The van der Waals surface area contributed by atoms with E-state index in [1.165, 1.54) is 115 Å². The van der Waals surface area contributed by atoms with Crippen molar-refractivity contribution < 1.29 is 66.3 Å². The SMILES string of the molecule is CC(C)CCCCCCCCCCCCCCCCCC(=O)O[C@H](COC(=O)CCCCCCCCCCCC(C)C)COP(=O)(O)OP(=O)(O)OC[C@H]1O[C@@H](n2ccc(N)nc2=O)C(O)[C@H]1O. The molecule has 2 heterocycles. The first-order chi connectivity index (χ1) is 32.4. The Hall–Kier alpha value is -2.24. The minimum absolute atomic E-state index is 0.0568. The highest BCUT2D eigenvalue weighted by molar-refractivity contribution is 7.61. The number of phosphoric acid groups is 2. The predicted octanol–water partition coefficient (Wildman–Crippen LogP) is 10.4. The maximum absolute atomic E-state index is 12.9. The van der Waals surface area contributed by atoms with Gasteiger partial charge >= 0.3 is 33.3 Å². The number of nitrogens with two attached hydrogens (primary N) is 1. The Balaban J connectivity index is 1.78. The minimum atomic E-state index is -5.42. The average Bonchev–Trinajstić information content (AvgIpc) is 3.55. The number of esters is 2. The summed E-state index contributed by atoms with van der Waals surface area (Å²) in [5.74, 6) is 0.262. The molecule has 0 spiro atoms. The van der Waals surface area contributed by atoms with Crippen LogP contribution in [0.5, 0.6) is 0 Å². The number of ether oxygens (including phenoxy) is 3. The quantitative estimate of drug-likeness (QED) is 0.0231. The molecular formula is C48H89N3O15P2. The van der Waals surface area contributed by atoms with E-state index in [1.54, 1.807) is 0 Å². The fourth-order valence-electron chi connectivity index (χ4n) is 8.04. The lowest BCUT2D eigenvalue weighted by Crippen LogP contribution is -2.36. The molecule has 0 aromatic carbocycles. The number of hydrogen-bond donors (Lipinski definition) is 5. The number of hydrogen-bond acceptors (Lipinski definition) is 15. The zero-order valence-electron chi connectivity index (χ0n) is 41.8. The number of nitrogens with zero attached hydrogens (tertiary/aromatic N) is 2. The van der Waals surface area contributed by atoms with Crippen LogP contribution in [0.1, 0.15) is 214 Å². The largest absolute Gasteiger partial charge is 0.481 e. The van der Waals surface area contributed by atoms with E-state index < -0.39 is 83.7 Å². The third-order valence-electron chi connectivity index (χ3n) is 12.0. The van der Waals surface area contributed by atoms with E-state index >= 15 is 0 Å². The van der Waals surface area contributed by atoms with Gasteiger partial charge in [-0.1, -0.05) is 182 Å². The molecule has 1 aromatic heterocycles. The summed E-state index contributed by atoms with van der Waals surface area (Å²) >= 11 is 0. The van der Waals surface area contributed by atoms with E-state index in [9.17, 15) is 43.5 Å². The molecule has 1 fully saturated rings. The highest BCUT2D eigenvalue weighted by atomic mass is 31.3. The number of rotatable bonds is 42. The van der Waals surface area contributed by atoms with Crippen LogP contribution in [0.3, 0.4) is 0 Å². The Morgan fingerprint density at radius 1 is 0.662 bits per heavy atom. The zero-order valence-corrected chi connectivity index (χ0v) is 43.6. The number of carbonyl (C=O) groups excluding carboxylic acids is 2. The molecule has 68 heavy (non-hydrogen) atoms. The van der Waals surface area contributed by atoms with Crippen LogP contribution in [0.15, 0.2) is 17.1 Å². The molecule has 1 aliphatic rings. The Morgan fingerprint density at radius 2 is 1.09 bits per heavy atom. The van der Waals surface area contributed by atoms with Gasteiger partial charge in [0.1, 0.15) is 30.7 Å². The first-order valence-electron chi connectivity index (χ1n) is 25.8. The molecule has 20 heteroatoms. The second-order valence-electron chi connectivity index (χ2n) is 19.3. The maximum Gasteiger partial charge on any atom is 0.481 e. The van der Waals surface area contributed by atoms with Crippen LogP contribution in [-0.4, -0.2) is 85.7 Å². The van der Waals surface area contributed by atoms with E-state index in [4.69, 9.17) is 29.0 Å². The van der Waals surface area contributed by atoms with Crippen LogP contribution in [0.25, 0.3) is 0 Å². The van der Waals surface area contributed by atoms with Gasteiger partial charge < -0.3 is 39.9 Å². The van der Waals surface area contributed by atoms with Crippen LogP contribution >= 0.6 is 15.6 Å². The summed E-state index contributed by atoms with van der Waals surface area (Å²) in [5.41, 5.74) is 4.59. The Labute approximate surface area is 406 Å². The summed E-state index contributed by atoms with van der Waals surface area (Å²) in [6.07, 6.45) is 23.5. The molecule has 7 atom stereocenters. The molecule has 0 saturated carbocycles. The maximum atomic E-state index is 12.9. The smallest absolute Gasteiger partial charge is 0.462 e. The Morgan fingerprint density at radius 3 is 1.54 bits per heavy atom. The number of aromatic nitrogens is 2. The lowest BCUT2D eigenvalue weighted by atomic mass is 10.0. The van der Waals surface area contributed by atoms with Gasteiger partial charge in [0.05, 0.1) is 13.2 Å². The molecule has 1 aromatic rings. The van der Waals surface area contributed by atoms with Crippen molar-refractivity contribution in [2.75, 3.05) is 25.6 Å². The van der Waals surface area contributed by atoms with Gasteiger partial charge in [-0.3, -0.25) is 23.2 Å². The molecule has 2 rings (SSSR count). The lowest BCUT2D eigenvalue weighted by molar-refractivity contribution is -0.161. The third-order valence-corrected chi connectivity index (χ3v) is 14.6. The van der Waals surface area contributed by atoms with Gasteiger partial charge in [0, 0.05) is 19.0 Å². The van der Waals surface area contributed by atoms with Crippen molar-refractivity contribution in [1.29, 1.82) is 0 Å². The van der Waals surface area contributed by atoms with Crippen molar-refractivity contribution in [3.63, 3.8) is 0 Å². The van der Waals surface area contributed by atoms with Gasteiger partial charge in [-0.25, -0.2) is 13.9 Å². The first kappa shape index (κ1) is 61.9.